The quantitative estimate of drug-likeness (QED) is 0.221. The van der Waals surface area contributed by atoms with Gasteiger partial charge in [0.2, 0.25) is 11.8 Å². The summed E-state index contributed by atoms with van der Waals surface area (Å²) in [6, 6.07) is 3.84. The third kappa shape index (κ3) is 5.13. The zero-order chi connectivity index (χ0) is 29.7. The summed E-state index contributed by atoms with van der Waals surface area (Å²) < 4.78 is 12.9. The molecule has 1 N–H and O–H groups in total. The van der Waals surface area contributed by atoms with Gasteiger partial charge in [-0.05, 0) is 63.0 Å². The van der Waals surface area contributed by atoms with Crippen molar-refractivity contribution in [3.63, 3.8) is 0 Å². The van der Waals surface area contributed by atoms with E-state index < -0.39 is 5.76 Å². The standard InChI is InChI=1S/C31H35ClN8O3/c1-4-22-26(18(3)42-37-22)25-6-5-11-39(25)30-35-23-13-24(29-36-31(41)43-38-29)34-27(20-12-21(32)15-33-14-20)28(23)40(30)16-19-9-7-17(2)8-10-19/h12-15,17,19,25H,4-11,16H2,1-3H3,(H,36,38,41)/t17-,19-,25?. The predicted octanol–water partition coefficient (Wildman–Crippen LogP) is 6.52. The molecule has 43 heavy (non-hydrogen) atoms. The van der Waals surface area contributed by atoms with Crippen molar-refractivity contribution in [1.82, 2.24) is 34.8 Å². The lowest BCUT2D eigenvalue weighted by Crippen LogP contribution is -2.28. The van der Waals surface area contributed by atoms with Crippen LogP contribution in [0.1, 0.15) is 75.4 Å². The lowest BCUT2D eigenvalue weighted by molar-refractivity contribution is 0.266. The van der Waals surface area contributed by atoms with Gasteiger partial charge in [0, 0.05) is 36.6 Å². The Morgan fingerprint density at radius 3 is 2.65 bits per heavy atom. The van der Waals surface area contributed by atoms with Crippen molar-refractivity contribution < 1.29 is 9.05 Å². The second-order valence-corrected chi connectivity index (χ2v) is 12.4. The van der Waals surface area contributed by atoms with Crippen LogP contribution in [-0.2, 0) is 13.0 Å². The second kappa shape index (κ2) is 11.3. The van der Waals surface area contributed by atoms with Crippen molar-refractivity contribution in [3.8, 4) is 22.8 Å². The van der Waals surface area contributed by atoms with E-state index in [-0.39, 0.29) is 11.9 Å². The zero-order valence-corrected chi connectivity index (χ0v) is 25.4. The van der Waals surface area contributed by atoms with Crippen molar-refractivity contribution in [1.29, 1.82) is 0 Å². The Kier molecular flexibility index (Phi) is 7.28. The lowest BCUT2D eigenvalue weighted by Gasteiger charge is -2.30. The minimum atomic E-state index is -0.642. The summed E-state index contributed by atoms with van der Waals surface area (Å²) in [6.07, 6.45) is 11.0. The Bertz CT molecular complexity index is 1830. The summed E-state index contributed by atoms with van der Waals surface area (Å²) in [4.78, 5) is 31.6. The number of H-pyrrole nitrogens is 1. The largest absolute Gasteiger partial charge is 0.439 e. The summed E-state index contributed by atoms with van der Waals surface area (Å²) in [5, 5.41) is 8.81. The highest BCUT2D eigenvalue weighted by Crippen LogP contribution is 2.43. The van der Waals surface area contributed by atoms with Crippen LogP contribution in [0.25, 0.3) is 33.8 Å². The Hall–Kier alpha value is -3.99. The number of aryl methyl sites for hydroxylation is 2. The molecule has 1 aliphatic carbocycles. The summed E-state index contributed by atoms with van der Waals surface area (Å²) in [6.45, 7) is 8.16. The number of fused-ring (bicyclic) bond motifs is 1. The first kappa shape index (κ1) is 27.8. The molecule has 224 valence electrons. The molecule has 2 fully saturated rings. The average Bonchev–Trinajstić information content (AvgIpc) is 3.80. The van der Waals surface area contributed by atoms with Crippen LogP contribution < -0.4 is 10.7 Å². The molecule has 0 amide bonds. The van der Waals surface area contributed by atoms with E-state index >= 15 is 0 Å². The Labute approximate surface area is 253 Å². The molecule has 5 aromatic heterocycles. The molecule has 0 aromatic carbocycles. The third-order valence-electron chi connectivity index (χ3n) is 9.10. The van der Waals surface area contributed by atoms with Crippen LogP contribution in [0.5, 0.6) is 0 Å². The summed E-state index contributed by atoms with van der Waals surface area (Å²) in [5.41, 5.74) is 5.74. The van der Waals surface area contributed by atoms with Gasteiger partial charge >= 0.3 is 5.76 Å². The molecule has 5 aromatic rings. The third-order valence-corrected chi connectivity index (χ3v) is 9.31. The van der Waals surface area contributed by atoms with E-state index in [1.807, 2.05) is 19.1 Å². The van der Waals surface area contributed by atoms with Crippen LogP contribution in [-0.4, -0.2) is 41.4 Å². The van der Waals surface area contributed by atoms with Crippen LogP contribution in [0, 0.1) is 18.8 Å². The fraction of sp³-hybridized carbons (Fsp3) is 0.484. The number of aromatic amines is 1. The van der Waals surface area contributed by atoms with Gasteiger partial charge in [-0.25, -0.2) is 14.8 Å². The Morgan fingerprint density at radius 1 is 1.07 bits per heavy atom. The molecule has 0 bridgehead atoms. The Morgan fingerprint density at radius 2 is 1.91 bits per heavy atom. The highest BCUT2D eigenvalue weighted by molar-refractivity contribution is 6.30. The molecule has 11 nitrogen and oxygen atoms in total. The Balaban J connectivity index is 1.45. The van der Waals surface area contributed by atoms with Crippen molar-refractivity contribution in [2.75, 3.05) is 11.4 Å². The molecule has 12 heteroatoms. The van der Waals surface area contributed by atoms with Gasteiger partial charge in [0.1, 0.15) is 11.5 Å². The molecule has 1 atom stereocenters. The number of imidazole rings is 1. The molecule has 1 saturated carbocycles. The molecule has 2 aliphatic rings. The second-order valence-electron chi connectivity index (χ2n) is 12.0. The zero-order valence-electron chi connectivity index (χ0n) is 24.6. The van der Waals surface area contributed by atoms with Gasteiger partial charge in [-0.3, -0.25) is 14.5 Å². The minimum absolute atomic E-state index is 0.110. The van der Waals surface area contributed by atoms with Crippen LogP contribution in [0.2, 0.25) is 5.02 Å². The van der Waals surface area contributed by atoms with E-state index in [0.717, 1.165) is 72.3 Å². The molecule has 7 rings (SSSR count). The number of nitrogens with zero attached hydrogens (tertiary/aromatic N) is 7. The van der Waals surface area contributed by atoms with Crippen molar-refractivity contribution in [2.24, 2.45) is 11.8 Å². The van der Waals surface area contributed by atoms with Gasteiger partial charge in [-0.1, -0.05) is 48.6 Å². The first-order valence-electron chi connectivity index (χ1n) is 15.2. The number of nitrogens with one attached hydrogen (secondary N) is 1. The fourth-order valence-corrected chi connectivity index (χ4v) is 7.10. The SMILES string of the molecule is CCc1noc(C)c1C1CCCN1c1nc2cc(-c3noc(=O)[nH]3)nc(-c3cncc(Cl)c3)c2n1C[C@H]1CC[C@H](C)CC1. The minimum Gasteiger partial charge on any atom is -0.361 e. The van der Waals surface area contributed by atoms with Crippen LogP contribution in [0.4, 0.5) is 5.95 Å². The monoisotopic (exact) mass is 602 g/mol. The summed E-state index contributed by atoms with van der Waals surface area (Å²) >= 11 is 6.43. The molecular formula is C31H35ClN8O3. The average molecular weight is 603 g/mol. The molecule has 1 unspecified atom stereocenters. The predicted molar refractivity (Wildman–Crippen MR) is 163 cm³/mol. The topological polar surface area (TPSA) is 132 Å². The van der Waals surface area contributed by atoms with Gasteiger partial charge < -0.3 is 14.0 Å². The number of anilines is 1. The lowest BCUT2D eigenvalue weighted by atomic mass is 9.83. The first-order chi connectivity index (χ1) is 20.9. The van der Waals surface area contributed by atoms with Crippen LogP contribution in [0.3, 0.4) is 0 Å². The highest BCUT2D eigenvalue weighted by Gasteiger charge is 2.36. The summed E-state index contributed by atoms with van der Waals surface area (Å²) in [5.74, 6) is 2.64. The number of aromatic nitrogens is 7. The number of hydrogen-bond donors (Lipinski definition) is 1. The number of rotatable bonds is 7. The fourth-order valence-electron chi connectivity index (χ4n) is 6.92. The van der Waals surface area contributed by atoms with Crippen LogP contribution >= 0.6 is 11.6 Å². The van der Waals surface area contributed by atoms with E-state index in [0.29, 0.717) is 22.3 Å². The van der Waals surface area contributed by atoms with E-state index in [1.54, 1.807) is 12.4 Å². The van der Waals surface area contributed by atoms with Crippen molar-refractivity contribution >= 4 is 28.6 Å². The maximum Gasteiger partial charge on any atom is 0.439 e. The number of hydrogen-bond acceptors (Lipinski definition) is 9. The van der Waals surface area contributed by atoms with Crippen molar-refractivity contribution in [2.45, 2.75) is 78.3 Å². The van der Waals surface area contributed by atoms with Gasteiger partial charge in [-0.15, -0.1) is 0 Å². The normalized spacial score (nSPS) is 20.8. The van der Waals surface area contributed by atoms with E-state index in [9.17, 15) is 4.79 Å². The van der Waals surface area contributed by atoms with Gasteiger partial charge in [0.25, 0.3) is 0 Å². The molecule has 1 aliphatic heterocycles. The molecular weight excluding hydrogens is 568 g/mol. The molecule has 1 saturated heterocycles. The van der Waals surface area contributed by atoms with E-state index in [2.05, 4.69) is 43.6 Å². The van der Waals surface area contributed by atoms with Crippen molar-refractivity contribution in [3.05, 3.63) is 57.1 Å². The highest BCUT2D eigenvalue weighted by atomic mass is 35.5. The maximum absolute atomic E-state index is 11.9. The van der Waals surface area contributed by atoms with Crippen LogP contribution in [0.15, 0.2) is 38.4 Å². The number of pyridine rings is 2. The number of halogens is 1. The van der Waals surface area contributed by atoms with Gasteiger partial charge in [0.05, 0.1) is 33.5 Å². The van der Waals surface area contributed by atoms with E-state index in [1.165, 1.54) is 31.2 Å². The van der Waals surface area contributed by atoms with Gasteiger partial charge in [-0.2, -0.15) is 0 Å². The first-order valence-corrected chi connectivity index (χ1v) is 15.6. The molecule has 0 spiro atoms. The maximum atomic E-state index is 11.9. The van der Waals surface area contributed by atoms with Gasteiger partial charge in [0.15, 0.2) is 0 Å². The summed E-state index contributed by atoms with van der Waals surface area (Å²) in [7, 11) is 0. The molecule has 6 heterocycles. The molecule has 0 radical (unpaired) electrons. The smallest absolute Gasteiger partial charge is 0.361 e. The van der Waals surface area contributed by atoms with E-state index in [4.69, 9.17) is 30.6 Å².